The molecule has 0 aliphatic rings. The van der Waals surface area contributed by atoms with Gasteiger partial charge in [0.15, 0.2) is 7.05 Å². The standard InChI is InChI=1S/C7H8O.CH3NO2/c1-8-7-5-3-2-4-6-7;1-2(3)4/h2-6H,1H3;1H3. The number of hydrogen-bond acceptors (Lipinski definition) is 3. The van der Waals surface area contributed by atoms with Crippen molar-refractivity contribution >= 4 is 0 Å². The summed E-state index contributed by atoms with van der Waals surface area (Å²) >= 11 is 0. The van der Waals surface area contributed by atoms with E-state index >= 15 is 0 Å². The van der Waals surface area contributed by atoms with Crippen LogP contribution in [0, 0.1) is 10.1 Å². The number of para-hydroxylation sites is 1. The van der Waals surface area contributed by atoms with Gasteiger partial charge in [-0.25, -0.2) is 0 Å². The van der Waals surface area contributed by atoms with Gasteiger partial charge in [0.05, 0.1) is 7.11 Å². The molecule has 0 unspecified atom stereocenters. The lowest BCUT2D eigenvalue weighted by Crippen LogP contribution is -1.79. The molecule has 1 aromatic carbocycles. The highest BCUT2D eigenvalue weighted by Gasteiger charge is 1.80. The van der Waals surface area contributed by atoms with Gasteiger partial charge < -0.3 is 4.74 Å². The van der Waals surface area contributed by atoms with Gasteiger partial charge in [-0.05, 0) is 12.1 Å². The van der Waals surface area contributed by atoms with Crippen LogP contribution < -0.4 is 4.74 Å². The second kappa shape index (κ2) is 6.15. The first-order chi connectivity index (χ1) is 5.66. The van der Waals surface area contributed by atoms with Gasteiger partial charge in [-0.3, -0.25) is 10.1 Å². The van der Waals surface area contributed by atoms with Gasteiger partial charge in [0.2, 0.25) is 0 Å². The Morgan fingerprint density at radius 1 is 1.33 bits per heavy atom. The average molecular weight is 169 g/mol. The van der Waals surface area contributed by atoms with E-state index < -0.39 is 4.92 Å². The largest absolute Gasteiger partial charge is 0.497 e. The molecule has 0 heterocycles. The Kier molecular flexibility index (Phi) is 5.34. The Morgan fingerprint density at radius 3 is 2.00 bits per heavy atom. The molecule has 0 saturated heterocycles. The molecule has 1 aromatic rings. The Balaban J connectivity index is 0.000000261. The van der Waals surface area contributed by atoms with Crippen molar-refractivity contribution in [3.05, 3.63) is 40.4 Å². The van der Waals surface area contributed by atoms with E-state index in [4.69, 9.17) is 14.9 Å². The topological polar surface area (TPSA) is 52.4 Å². The molecule has 0 aliphatic carbocycles. The Labute approximate surface area is 70.9 Å². The molecule has 66 valence electrons. The SMILES string of the molecule is COc1ccccc1.C[N+](=O)[O-]. The van der Waals surface area contributed by atoms with E-state index in [0.29, 0.717) is 0 Å². The number of benzene rings is 1. The van der Waals surface area contributed by atoms with E-state index in [1.807, 2.05) is 30.3 Å². The fraction of sp³-hybridized carbons (Fsp3) is 0.250. The van der Waals surface area contributed by atoms with Gasteiger partial charge in [0, 0.05) is 4.92 Å². The van der Waals surface area contributed by atoms with Crippen molar-refractivity contribution in [2.45, 2.75) is 0 Å². The van der Waals surface area contributed by atoms with Crippen LogP contribution in [0.3, 0.4) is 0 Å². The maximum Gasteiger partial charge on any atom is 0.194 e. The first kappa shape index (κ1) is 10.4. The molecule has 0 aliphatic heterocycles. The fourth-order valence-electron chi connectivity index (χ4n) is 0.557. The lowest BCUT2D eigenvalue weighted by atomic mass is 10.3. The molecule has 0 radical (unpaired) electrons. The van der Waals surface area contributed by atoms with Crippen LogP contribution in [0.25, 0.3) is 0 Å². The summed E-state index contributed by atoms with van der Waals surface area (Å²) < 4.78 is 4.91. The smallest absolute Gasteiger partial charge is 0.194 e. The van der Waals surface area contributed by atoms with E-state index in [9.17, 15) is 0 Å². The highest BCUT2D eigenvalue weighted by atomic mass is 16.6. The minimum atomic E-state index is -0.500. The number of rotatable bonds is 1. The Morgan fingerprint density at radius 2 is 1.75 bits per heavy atom. The zero-order valence-corrected chi connectivity index (χ0v) is 7.06. The molecule has 0 saturated carbocycles. The van der Waals surface area contributed by atoms with E-state index in [2.05, 4.69) is 0 Å². The second-order valence-corrected chi connectivity index (χ2v) is 1.96. The lowest BCUT2D eigenvalue weighted by molar-refractivity contribution is -0.445. The van der Waals surface area contributed by atoms with Crippen LogP contribution in [0.5, 0.6) is 5.75 Å². The minimum absolute atomic E-state index is 0.500. The van der Waals surface area contributed by atoms with Crippen LogP contribution in [-0.2, 0) is 0 Å². The van der Waals surface area contributed by atoms with Gasteiger partial charge in [0.25, 0.3) is 0 Å². The molecule has 0 bridgehead atoms. The summed E-state index contributed by atoms with van der Waals surface area (Å²) in [4.78, 5) is 8.31. The fourth-order valence-corrected chi connectivity index (χ4v) is 0.557. The van der Waals surface area contributed by atoms with E-state index in [0.717, 1.165) is 12.8 Å². The molecule has 4 nitrogen and oxygen atoms in total. The predicted molar refractivity (Wildman–Crippen MR) is 45.9 cm³/mol. The molecule has 0 amide bonds. The summed E-state index contributed by atoms with van der Waals surface area (Å²) in [5.41, 5.74) is 0. The van der Waals surface area contributed by atoms with E-state index in [1.165, 1.54) is 0 Å². The first-order valence-electron chi connectivity index (χ1n) is 3.34. The van der Waals surface area contributed by atoms with Gasteiger partial charge in [-0.1, -0.05) is 18.2 Å². The summed E-state index contributed by atoms with van der Waals surface area (Å²) in [5, 5.41) is 8.81. The third-order valence-electron chi connectivity index (χ3n) is 0.979. The highest BCUT2D eigenvalue weighted by Crippen LogP contribution is 2.05. The van der Waals surface area contributed by atoms with Crippen molar-refractivity contribution in [2.24, 2.45) is 0 Å². The molecule has 0 atom stereocenters. The molecular formula is C8H11NO3. The zero-order chi connectivity index (χ0) is 9.40. The van der Waals surface area contributed by atoms with Crippen LogP contribution in [0.1, 0.15) is 0 Å². The van der Waals surface area contributed by atoms with Crippen LogP contribution >= 0.6 is 0 Å². The first-order valence-corrected chi connectivity index (χ1v) is 3.34. The van der Waals surface area contributed by atoms with Crippen molar-refractivity contribution in [1.29, 1.82) is 0 Å². The van der Waals surface area contributed by atoms with Gasteiger partial charge in [-0.2, -0.15) is 0 Å². The molecule has 4 heteroatoms. The Hall–Kier alpha value is -1.58. The summed E-state index contributed by atoms with van der Waals surface area (Å²) in [6, 6.07) is 9.68. The minimum Gasteiger partial charge on any atom is -0.497 e. The lowest BCUT2D eigenvalue weighted by Gasteiger charge is -1.93. The van der Waals surface area contributed by atoms with Crippen LogP contribution in [-0.4, -0.2) is 19.1 Å². The number of hydrogen-bond donors (Lipinski definition) is 0. The second-order valence-electron chi connectivity index (χ2n) is 1.96. The van der Waals surface area contributed by atoms with Crippen LogP contribution in [0.4, 0.5) is 0 Å². The summed E-state index contributed by atoms with van der Waals surface area (Å²) in [6.07, 6.45) is 0. The molecule has 0 N–H and O–H groups in total. The quantitative estimate of drug-likeness (QED) is 0.473. The molecule has 0 spiro atoms. The van der Waals surface area contributed by atoms with Gasteiger partial charge >= 0.3 is 0 Å². The molecule has 0 aromatic heterocycles. The van der Waals surface area contributed by atoms with Crippen molar-refractivity contribution in [3.63, 3.8) is 0 Å². The molecular weight excluding hydrogens is 158 g/mol. The summed E-state index contributed by atoms with van der Waals surface area (Å²) in [7, 11) is 2.55. The van der Waals surface area contributed by atoms with Crippen LogP contribution in [0.2, 0.25) is 0 Å². The zero-order valence-electron chi connectivity index (χ0n) is 7.06. The van der Waals surface area contributed by atoms with Crippen molar-refractivity contribution in [2.75, 3.05) is 14.2 Å². The third kappa shape index (κ3) is 6.54. The summed E-state index contributed by atoms with van der Waals surface area (Å²) in [5.74, 6) is 0.910. The number of methoxy groups -OCH3 is 1. The van der Waals surface area contributed by atoms with Crippen LogP contribution in [0.15, 0.2) is 30.3 Å². The Bertz CT molecular complexity index is 219. The third-order valence-corrected chi connectivity index (χ3v) is 0.979. The number of ether oxygens (including phenoxy) is 1. The highest BCUT2D eigenvalue weighted by molar-refractivity contribution is 5.20. The summed E-state index contributed by atoms with van der Waals surface area (Å²) in [6.45, 7) is 0. The van der Waals surface area contributed by atoms with E-state index in [1.54, 1.807) is 7.11 Å². The maximum absolute atomic E-state index is 8.81. The van der Waals surface area contributed by atoms with Gasteiger partial charge in [0.1, 0.15) is 5.75 Å². The monoisotopic (exact) mass is 169 g/mol. The van der Waals surface area contributed by atoms with Gasteiger partial charge in [-0.15, -0.1) is 0 Å². The molecule has 0 fully saturated rings. The average Bonchev–Trinajstić information content (AvgIpc) is 2.05. The molecule has 1 rings (SSSR count). The van der Waals surface area contributed by atoms with Crippen molar-refractivity contribution < 1.29 is 9.66 Å². The van der Waals surface area contributed by atoms with Crippen molar-refractivity contribution in [1.82, 2.24) is 0 Å². The maximum atomic E-state index is 8.81. The van der Waals surface area contributed by atoms with E-state index in [-0.39, 0.29) is 0 Å². The number of nitro groups is 1. The molecule has 12 heavy (non-hydrogen) atoms. The van der Waals surface area contributed by atoms with Crippen molar-refractivity contribution in [3.8, 4) is 5.75 Å². The normalized spacial score (nSPS) is 7.83. The predicted octanol–water partition coefficient (Wildman–Crippen LogP) is 1.59. The number of nitrogens with zero attached hydrogens (tertiary/aromatic N) is 1.